The monoisotopic (exact) mass is 351 g/mol. The molecular formula is C18H25NO6. The lowest BCUT2D eigenvalue weighted by atomic mass is 10.1. The maximum Gasteiger partial charge on any atom is 0.311 e. The van der Waals surface area contributed by atoms with Gasteiger partial charge in [0, 0.05) is 13.1 Å². The maximum absolute atomic E-state index is 12.2. The second-order valence-corrected chi connectivity index (χ2v) is 5.87. The Morgan fingerprint density at radius 1 is 1.04 bits per heavy atom. The molecule has 25 heavy (non-hydrogen) atoms. The van der Waals surface area contributed by atoms with Crippen LogP contribution in [0.3, 0.4) is 0 Å². The normalized spacial score (nSPS) is 14.8. The minimum absolute atomic E-state index is 0.00827. The number of amides is 1. The minimum atomic E-state index is -0.785. The third-order valence-corrected chi connectivity index (χ3v) is 4.15. The molecule has 7 nitrogen and oxygen atoms in total. The van der Waals surface area contributed by atoms with Crippen LogP contribution in [0, 0.1) is 0 Å². The predicted octanol–water partition coefficient (Wildman–Crippen LogP) is 1.81. The number of carbonyl (C=O) groups is 2. The lowest BCUT2D eigenvalue weighted by Gasteiger charge is -2.20. The van der Waals surface area contributed by atoms with E-state index in [9.17, 15) is 9.59 Å². The Balaban J connectivity index is 2.03. The van der Waals surface area contributed by atoms with Crippen molar-refractivity contribution in [3.05, 3.63) is 17.7 Å². The molecule has 0 aliphatic carbocycles. The number of ether oxygens (including phenoxy) is 4. The second kappa shape index (κ2) is 8.60. The van der Waals surface area contributed by atoms with Crippen LogP contribution in [0.1, 0.15) is 25.3 Å². The van der Waals surface area contributed by atoms with E-state index in [1.807, 2.05) is 0 Å². The van der Waals surface area contributed by atoms with E-state index in [1.165, 1.54) is 21.3 Å². The summed E-state index contributed by atoms with van der Waals surface area (Å²) >= 11 is 0. The third-order valence-electron chi connectivity index (χ3n) is 4.15. The second-order valence-electron chi connectivity index (χ2n) is 5.87. The first-order valence-electron chi connectivity index (χ1n) is 8.27. The molecule has 0 radical (unpaired) electrons. The number of hydrogen-bond donors (Lipinski definition) is 0. The summed E-state index contributed by atoms with van der Waals surface area (Å²) < 4.78 is 21.1. The topological polar surface area (TPSA) is 74.3 Å². The fraction of sp³-hybridized carbons (Fsp3) is 0.556. The summed E-state index contributed by atoms with van der Waals surface area (Å²) in [6, 6.07) is 3.38. The molecule has 0 N–H and O–H groups in total. The SMILES string of the molecule is COc1cc(CC(=O)O[C@@H](C)C(=O)N2CCCC2)cc(OC)c1OC. The molecule has 1 fully saturated rings. The van der Waals surface area contributed by atoms with Gasteiger partial charge in [0.2, 0.25) is 5.75 Å². The molecule has 0 saturated carbocycles. The minimum Gasteiger partial charge on any atom is -0.493 e. The van der Waals surface area contributed by atoms with Gasteiger partial charge >= 0.3 is 5.97 Å². The van der Waals surface area contributed by atoms with Gasteiger partial charge in [-0.1, -0.05) is 0 Å². The molecule has 0 bridgehead atoms. The molecule has 2 rings (SSSR count). The Morgan fingerprint density at radius 2 is 1.60 bits per heavy atom. The van der Waals surface area contributed by atoms with Gasteiger partial charge < -0.3 is 23.8 Å². The van der Waals surface area contributed by atoms with Gasteiger partial charge in [0.15, 0.2) is 17.6 Å². The van der Waals surface area contributed by atoms with Crippen molar-refractivity contribution in [3.8, 4) is 17.2 Å². The number of benzene rings is 1. The van der Waals surface area contributed by atoms with Crippen molar-refractivity contribution in [3.63, 3.8) is 0 Å². The van der Waals surface area contributed by atoms with Crippen LogP contribution in [-0.4, -0.2) is 57.3 Å². The zero-order valence-corrected chi connectivity index (χ0v) is 15.2. The molecule has 1 aliphatic heterocycles. The first kappa shape index (κ1) is 18.9. The average molecular weight is 351 g/mol. The van der Waals surface area contributed by atoms with Crippen molar-refractivity contribution in [1.29, 1.82) is 0 Å². The van der Waals surface area contributed by atoms with Gasteiger partial charge in [0.1, 0.15) is 0 Å². The van der Waals surface area contributed by atoms with Crippen LogP contribution in [0.25, 0.3) is 0 Å². The largest absolute Gasteiger partial charge is 0.493 e. The number of esters is 1. The zero-order chi connectivity index (χ0) is 18.4. The molecule has 1 saturated heterocycles. The highest BCUT2D eigenvalue weighted by Crippen LogP contribution is 2.38. The van der Waals surface area contributed by atoms with E-state index in [2.05, 4.69) is 0 Å². The highest BCUT2D eigenvalue weighted by atomic mass is 16.5. The zero-order valence-electron chi connectivity index (χ0n) is 15.2. The Bertz CT molecular complexity index is 599. The summed E-state index contributed by atoms with van der Waals surface area (Å²) in [5, 5.41) is 0. The Morgan fingerprint density at radius 3 is 2.08 bits per heavy atom. The lowest BCUT2D eigenvalue weighted by Crippen LogP contribution is -2.38. The third kappa shape index (κ3) is 4.55. The van der Waals surface area contributed by atoms with E-state index in [1.54, 1.807) is 24.0 Å². The van der Waals surface area contributed by atoms with Crippen LogP contribution < -0.4 is 14.2 Å². The molecule has 0 spiro atoms. The van der Waals surface area contributed by atoms with Gasteiger partial charge in [-0.15, -0.1) is 0 Å². The molecule has 0 unspecified atom stereocenters. The number of rotatable bonds is 7. The first-order valence-corrected chi connectivity index (χ1v) is 8.27. The van der Waals surface area contributed by atoms with E-state index in [0.717, 1.165) is 25.9 Å². The van der Waals surface area contributed by atoms with Gasteiger partial charge in [0.25, 0.3) is 5.91 Å². The first-order chi connectivity index (χ1) is 12.0. The summed E-state index contributed by atoms with van der Waals surface area (Å²) in [7, 11) is 4.53. The lowest BCUT2D eigenvalue weighted by molar-refractivity contribution is -0.158. The predicted molar refractivity (Wildman–Crippen MR) is 91.2 cm³/mol. The molecule has 1 aromatic rings. The smallest absolute Gasteiger partial charge is 0.311 e. The van der Waals surface area contributed by atoms with E-state index >= 15 is 0 Å². The molecular weight excluding hydrogens is 326 g/mol. The Hall–Kier alpha value is -2.44. The summed E-state index contributed by atoms with van der Waals surface area (Å²) in [6.07, 6.45) is 1.22. The van der Waals surface area contributed by atoms with Crippen molar-refractivity contribution in [2.45, 2.75) is 32.3 Å². The average Bonchev–Trinajstić information content (AvgIpc) is 3.14. The number of nitrogens with zero attached hydrogens (tertiary/aromatic N) is 1. The molecule has 1 aliphatic rings. The van der Waals surface area contributed by atoms with Gasteiger partial charge in [-0.05, 0) is 37.5 Å². The number of methoxy groups -OCH3 is 3. The van der Waals surface area contributed by atoms with Crippen LogP contribution in [0.15, 0.2) is 12.1 Å². The maximum atomic E-state index is 12.2. The van der Waals surface area contributed by atoms with Crippen molar-refractivity contribution in [2.24, 2.45) is 0 Å². The van der Waals surface area contributed by atoms with E-state index in [-0.39, 0.29) is 12.3 Å². The number of carbonyl (C=O) groups excluding carboxylic acids is 2. The van der Waals surface area contributed by atoms with Crippen molar-refractivity contribution in [1.82, 2.24) is 4.90 Å². The van der Waals surface area contributed by atoms with Gasteiger partial charge in [-0.3, -0.25) is 9.59 Å². The van der Waals surface area contributed by atoms with Crippen LogP contribution in [0.5, 0.6) is 17.2 Å². The van der Waals surface area contributed by atoms with Crippen molar-refractivity contribution in [2.75, 3.05) is 34.4 Å². The van der Waals surface area contributed by atoms with Crippen LogP contribution in [-0.2, 0) is 20.7 Å². The fourth-order valence-electron chi connectivity index (χ4n) is 2.89. The van der Waals surface area contributed by atoms with Crippen LogP contribution in [0.4, 0.5) is 0 Å². The summed E-state index contributed by atoms with van der Waals surface area (Å²) in [5.41, 5.74) is 0.653. The molecule has 0 aromatic heterocycles. The quantitative estimate of drug-likeness (QED) is 0.698. The number of likely N-dealkylation sites (tertiary alicyclic amines) is 1. The van der Waals surface area contributed by atoms with Crippen molar-refractivity contribution < 1.29 is 28.5 Å². The highest BCUT2D eigenvalue weighted by molar-refractivity contribution is 5.84. The van der Waals surface area contributed by atoms with Gasteiger partial charge in [0.05, 0.1) is 27.8 Å². The molecule has 138 valence electrons. The summed E-state index contributed by atoms with van der Waals surface area (Å²) in [4.78, 5) is 26.1. The molecule has 7 heteroatoms. The Labute approximate surface area is 147 Å². The summed E-state index contributed by atoms with van der Waals surface area (Å²) in [5.74, 6) is 0.765. The van der Waals surface area contributed by atoms with Crippen LogP contribution >= 0.6 is 0 Å². The Kier molecular flexibility index (Phi) is 6.50. The van der Waals surface area contributed by atoms with Gasteiger partial charge in [-0.25, -0.2) is 0 Å². The van der Waals surface area contributed by atoms with Crippen LogP contribution in [0.2, 0.25) is 0 Å². The molecule has 1 amide bonds. The van der Waals surface area contributed by atoms with Crippen molar-refractivity contribution >= 4 is 11.9 Å². The van der Waals surface area contributed by atoms with Gasteiger partial charge in [-0.2, -0.15) is 0 Å². The van der Waals surface area contributed by atoms with E-state index in [4.69, 9.17) is 18.9 Å². The molecule has 1 atom stereocenters. The van der Waals surface area contributed by atoms with E-state index < -0.39 is 12.1 Å². The molecule has 1 aromatic carbocycles. The highest BCUT2D eigenvalue weighted by Gasteiger charge is 2.26. The standard InChI is InChI=1S/C18H25NO6/c1-12(18(21)19-7-5-6-8-19)25-16(20)11-13-9-14(22-2)17(24-4)15(10-13)23-3/h9-10,12H,5-8,11H2,1-4H3/t12-/m0/s1. The fourth-order valence-corrected chi connectivity index (χ4v) is 2.89. The summed E-state index contributed by atoms with van der Waals surface area (Å²) in [6.45, 7) is 3.06. The number of hydrogen-bond acceptors (Lipinski definition) is 6. The van der Waals surface area contributed by atoms with E-state index in [0.29, 0.717) is 22.8 Å². The molecule has 1 heterocycles.